The van der Waals surface area contributed by atoms with Gasteiger partial charge in [-0.1, -0.05) is 6.92 Å². The second-order valence-electron chi connectivity index (χ2n) is 3.58. The molecule has 0 saturated carbocycles. The molecule has 5 heteroatoms. The van der Waals surface area contributed by atoms with Crippen LogP contribution >= 0.6 is 11.8 Å². The van der Waals surface area contributed by atoms with Crippen molar-refractivity contribution in [2.45, 2.75) is 32.2 Å². The molecule has 3 nitrogen and oxygen atoms in total. The number of rotatable bonds is 6. The van der Waals surface area contributed by atoms with Crippen LogP contribution < -0.4 is 0 Å². The maximum Gasteiger partial charge on any atom is 0.320 e. The molecule has 0 spiro atoms. The van der Waals surface area contributed by atoms with E-state index in [1.165, 1.54) is 0 Å². The Labute approximate surface area is 113 Å². The van der Waals surface area contributed by atoms with Crippen molar-refractivity contribution in [3.8, 4) is 0 Å². The van der Waals surface area contributed by atoms with Crippen molar-refractivity contribution in [2.75, 3.05) is 24.6 Å². The SMILES string of the molecule is CCSCCCN1CCC[C@H]1C(=O)O.[Sn]. The topological polar surface area (TPSA) is 40.5 Å². The van der Waals surface area contributed by atoms with Gasteiger partial charge in [-0.3, -0.25) is 9.69 Å². The monoisotopic (exact) mass is 337 g/mol. The summed E-state index contributed by atoms with van der Waals surface area (Å²) in [4.78, 5) is 13.0. The van der Waals surface area contributed by atoms with E-state index < -0.39 is 5.97 Å². The number of carbonyl (C=O) groups is 1. The quantitative estimate of drug-likeness (QED) is 0.586. The number of carboxylic acids is 1. The van der Waals surface area contributed by atoms with E-state index in [9.17, 15) is 4.79 Å². The van der Waals surface area contributed by atoms with E-state index in [0.29, 0.717) is 0 Å². The molecule has 1 N–H and O–H groups in total. The molecule has 15 heavy (non-hydrogen) atoms. The summed E-state index contributed by atoms with van der Waals surface area (Å²) in [5.41, 5.74) is 0. The Morgan fingerprint density at radius 1 is 1.60 bits per heavy atom. The Morgan fingerprint density at radius 2 is 2.33 bits per heavy atom. The average Bonchev–Trinajstić information content (AvgIpc) is 2.60. The summed E-state index contributed by atoms with van der Waals surface area (Å²) < 4.78 is 0. The molecule has 1 aliphatic heterocycles. The number of carboxylic acid groups (broad SMARTS) is 1. The number of hydrogen-bond donors (Lipinski definition) is 1. The van der Waals surface area contributed by atoms with Gasteiger partial charge >= 0.3 is 5.97 Å². The minimum absolute atomic E-state index is 0. The second kappa shape index (κ2) is 8.70. The van der Waals surface area contributed by atoms with Crippen LogP contribution in [0.4, 0.5) is 0 Å². The van der Waals surface area contributed by atoms with E-state index in [4.69, 9.17) is 5.11 Å². The van der Waals surface area contributed by atoms with Crippen LogP contribution in [0.5, 0.6) is 0 Å². The maximum atomic E-state index is 10.9. The summed E-state index contributed by atoms with van der Waals surface area (Å²) in [6.07, 6.45) is 2.98. The first-order chi connectivity index (χ1) is 6.75. The molecule has 86 valence electrons. The fourth-order valence-corrected chi connectivity index (χ4v) is 2.51. The van der Waals surface area contributed by atoms with Gasteiger partial charge in [0.2, 0.25) is 0 Å². The molecule has 0 aromatic heterocycles. The van der Waals surface area contributed by atoms with E-state index in [-0.39, 0.29) is 29.9 Å². The largest absolute Gasteiger partial charge is 0.480 e. The van der Waals surface area contributed by atoms with Crippen LogP contribution in [0.1, 0.15) is 26.2 Å². The Bertz CT molecular complexity index is 192. The smallest absolute Gasteiger partial charge is 0.320 e. The van der Waals surface area contributed by atoms with Gasteiger partial charge in [0.1, 0.15) is 6.04 Å². The normalized spacial score (nSPS) is 21.3. The minimum atomic E-state index is -0.648. The molecule has 0 amide bonds. The predicted octanol–water partition coefficient (Wildman–Crippen LogP) is 1.30. The van der Waals surface area contributed by atoms with E-state index in [2.05, 4.69) is 11.8 Å². The third-order valence-corrected chi connectivity index (χ3v) is 3.57. The van der Waals surface area contributed by atoms with E-state index in [1.807, 2.05) is 11.8 Å². The molecule has 1 rings (SSSR count). The molecule has 0 unspecified atom stereocenters. The Kier molecular flexibility index (Phi) is 9.03. The molecular formula is C10H19NO2SSn. The average molecular weight is 336 g/mol. The van der Waals surface area contributed by atoms with Crippen molar-refractivity contribution < 1.29 is 9.90 Å². The van der Waals surface area contributed by atoms with Crippen LogP contribution in [0, 0.1) is 0 Å². The van der Waals surface area contributed by atoms with Gasteiger partial charge in [-0.2, -0.15) is 11.8 Å². The Balaban J connectivity index is 0.00000196. The van der Waals surface area contributed by atoms with Crippen molar-refractivity contribution in [1.29, 1.82) is 0 Å². The van der Waals surface area contributed by atoms with Gasteiger partial charge in [0.25, 0.3) is 0 Å². The summed E-state index contributed by atoms with van der Waals surface area (Å²) in [5.74, 6) is 1.66. The van der Waals surface area contributed by atoms with E-state index in [0.717, 1.165) is 43.9 Å². The van der Waals surface area contributed by atoms with Gasteiger partial charge in [-0.25, -0.2) is 0 Å². The van der Waals surface area contributed by atoms with E-state index in [1.54, 1.807) is 0 Å². The van der Waals surface area contributed by atoms with Crippen LogP contribution in [0.15, 0.2) is 0 Å². The number of likely N-dealkylation sites (tertiary alicyclic amines) is 1. The molecule has 1 heterocycles. The molecule has 4 radical (unpaired) electrons. The summed E-state index contributed by atoms with van der Waals surface area (Å²) in [6, 6.07) is -0.207. The van der Waals surface area contributed by atoms with Crippen LogP contribution in [-0.4, -0.2) is 70.5 Å². The fraction of sp³-hybridized carbons (Fsp3) is 0.900. The molecule has 1 atom stereocenters. The van der Waals surface area contributed by atoms with Gasteiger partial charge in [0.05, 0.1) is 0 Å². The van der Waals surface area contributed by atoms with Gasteiger partial charge in [0, 0.05) is 23.9 Å². The molecule has 0 bridgehead atoms. The zero-order valence-corrected chi connectivity index (χ0v) is 12.9. The fourth-order valence-electron chi connectivity index (χ4n) is 1.89. The third kappa shape index (κ3) is 5.45. The van der Waals surface area contributed by atoms with Crippen LogP contribution in [0.3, 0.4) is 0 Å². The first-order valence-corrected chi connectivity index (χ1v) is 6.45. The van der Waals surface area contributed by atoms with Gasteiger partial charge in [-0.15, -0.1) is 0 Å². The predicted molar refractivity (Wildman–Crippen MR) is 65.6 cm³/mol. The number of aliphatic carboxylic acids is 1. The molecule has 0 aromatic rings. The molecular weight excluding hydrogens is 317 g/mol. The summed E-state index contributed by atoms with van der Waals surface area (Å²) in [7, 11) is 0. The zero-order valence-electron chi connectivity index (χ0n) is 9.24. The summed E-state index contributed by atoms with van der Waals surface area (Å²) >= 11 is 1.93. The molecule has 1 aliphatic rings. The minimum Gasteiger partial charge on any atom is -0.480 e. The van der Waals surface area contributed by atoms with Gasteiger partial charge in [0.15, 0.2) is 0 Å². The van der Waals surface area contributed by atoms with Crippen LogP contribution in [0.2, 0.25) is 0 Å². The number of nitrogens with zero attached hydrogens (tertiary/aromatic N) is 1. The number of hydrogen-bond acceptors (Lipinski definition) is 3. The van der Waals surface area contributed by atoms with Crippen LogP contribution in [-0.2, 0) is 4.79 Å². The Hall–Kier alpha value is 0.579. The zero-order chi connectivity index (χ0) is 10.4. The standard InChI is InChI=1S/C10H19NO2S.Sn/c1-2-14-8-4-7-11-6-3-5-9(11)10(12)13;/h9H,2-8H2,1H3,(H,12,13);/t9-;/m0./s1. The van der Waals surface area contributed by atoms with Crippen molar-refractivity contribution in [3.63, 3.8) is 0 Å². The molecule has 1 saturated heterocycles. The second-order valence-corrected chi connectivity index (χ2v) is 4.98. The molecule has 1 fully saturated rings. The first-order valence-electron chi connectivity index (χ1n) is 5.30. The van der Waals surface area contributed by atoms with Gasteiger partial charge < -0.3 is 5.11 Å². The first kappa shape index (κ1) is 15.6. The summed E-state index contributed by atoms with van der Waals surface area (Å²) in [6.45, 7) is 4.07. The maximum absolute atomic E-state index is 10.9. The van der Waals surface area contributed by atoms with Gasteiger partial charge in [-0.05, 0) is 43.9 Å². The van der Waals surface area contributed by atoms with Crippen molar-refractivity contribution in [1.82, 2.24) is 4.90 Å². The van der Waals surface area contributed by atoms with E-state index >= 15 is 0 Å². The van der Waals surface area contributed by atoms with Crippen molar-refractivity contribution in [2.24, 2.45) is 0 Å². The molecule has 0 aromatic carbocycles. The van der Waals surface area contributed by atoms with Crippen molar-refractivity contribution >= 4 is 41.6 Å². The summed E-state index contributed by atoms with van der Waals surface area (Å²) in [5, 5.41) is 8.94. The molecule has 0 aliphatic carbocycles. The van der Waals surface area contributed by atoms with Crippen molar-refractivity contribution in [3.05, 3.63) is 0 Å². The number of thioether (sulfide) groups is 1. The Morgan fingerprint density at radius 3 is 2.93 bits per heavy atom. The van der Waals surface area contributed by atoms with Crippen LogP contribution in [0.25, 0.3) is 0 Å². The third-order valence-electron chi connectivity index (χ3n) is 2.59.